The molecule has 31 heavy (non-hydrogen) atoms. The van der Waals surface area contributed by atoms with Gasteiger partial charge in [-0.15, -0.1) is 0 Å². The fourth-order valence-corrected chi connectivity index (χ4v) is 2.93. The number of halogens is 1. The molecule has 0 bridgehead atoms. The third-order valence-corrected chi connectivity index (χ3v) is 5.02. The molecule has 0 aliphatic carbocycles. The summed E-state index contributed by atoms with van der Waals surface area (Å²) in [5, 5.41) is 7.09. The zero-order chi connectivity index (χ0) is 22.2. The van der Waals surface area contributed by atoms with Crippen LogP contribution in [0.25, 0.3) is 0 Å². The molecular weight excluding hydrogens is 414 g/mol. The molecule has 0 heterocycles. The molecule has 2 amide bonds. The zero-order valence-electron chi connectivity index (χ0n) is 17.2. The lowest BCUT2D eigenvalue weighted by Gasteiger charge is -2.09. The Morgan fingerprint density at radius 1 is 1.00 bits per heavy atom. The van der Waals surface area contributed by atoms with Gasteiger partial charge in [-0.3, -0.25) is 9.59 Å². The average Bonchev–Trinajstić information content (AvgIpc) is 2.76. The average molecular weight is 436 g/mol. The summed E-state index contributed by atoms with van der Waals surface area (Å²) < 4.78 is 5.77. The number of nitrogens with one attached hydrogen (secondary N) is 2. The van der Waals surface area contributed by atoms with Crippen molar-refractivity contribution in [2.24, 2.45) is 5.10 Å². The maximum atomic E-state index is 12.1. The van der Waals surface area contributed by atoms with Gasteiger partial charge in [0.2, 0.25) is 0 Å². The lowest BCUT2D eigenvalue weighted by atomic mass is 10.1. The monoisotopic (exact) mass is 435 g/mol. The maximum Gasteiger partial charge on any atom is 0.329 e. The fraction of sp³-hybridized carbons (Fsp3) is 0.125. The summed E-state index contributed by atoms with van der Waals surface area (Å²) in [5.74, 6) is -1.02. The summed E-state index contributed by atoms with van der Waals surface area (Å²) in [5.41, 5.74) is 6.33. The summed E-state index contributed by atoms with van der Waals surface area (Å²) >= 11 is 6.14. The van der Waals surface area contributed by atoms with E-state index in [-0.39, 0.29) is 0 Å². The van der Waals surface area contributed by atoms with Crippen molar-refractivity contribution in [3.8, 4) is 5.75 Å². The van der Waals surface area contributed by atoms with Crippen LogP contribution in [0, 0.1) is 13.8 Å². The molecule has 0 spiro atoms. The van der Waals surface area contributed by atoms with Gasteiger partial charge in [0.25, 0.3) is 0 Å². The van der Waals surface area contributed by atoms with Gasteiger partial charge < -0.3 is 10.1 Å². The van der Waals surface area contributed by atoms with E-state index >= 15 is 0 Å². The van der Waals surface area contributed by atoms with E-state index in [9.17, 15) is 9.59 Å². The van der Waals surface area contributed by atoms with Gasteiger partial charge in [0.05, 0.1) is 6.21 Å². The van der Waals surface area contributed by atoms with E-state index in [0.29, 0.717) is 28.6 Å². The first-order valence-corrected chi connectivity index (χ1v) is 9.98. The summed E-state index contributed by atoms with van der Waals surface area (Å²) in [6, 6.07) is 20.1. The molecule has 6 nitrogen and oxygen atoms in total. The second-order valence-electron chi connectivity index (χ2n) is 6.85. The van der Waals surface area contributed by atoms with Crippen molar-refractivity contribution in [2.45, 2.75) is 20.5 Å². The molecule has 7 heteroatoms. The molecule has 2 N–H and O–H groups in total. The van der Waals surface area contributed by atoms with E-state index in [2.05, 4.69) is 15.8 Å². The zero-order valence-corrected chi connectivity index (χ0v) is 17.9. The summed E-state index contributed by atoms with van der Waals surface area (Å²) in [7, 11) is 0. The Morgan fingerprint density at radius 2 is 1.77 bits per heavy atom. The highest BCUT2D eigenvalue weighted by Gasteiger charge is 2.14. The first-order chi connectivity index (χ1) is 14.9. The number of amides is 2. The molecular formula is C24H22ClN3O3. The number of benzene rings is 3. The van der Waals surface area contributed by atoms with Gasteiger partial charge in [0, 0.05) is 16.3 Å². The van der Waals surface area contributed by atoms with Crippen molar-refractivity contribution in [1.29, 1.82) is 0 Å². The third kappa shape index (κ3) is 6.17. The van der Waals surface area contributed by atoms with Gasteiger partial charge in [-0.25, -0.2) is 5.43 Å². The Balaban J connectivity index is 1.55. The van der Waals surface area contributed by atoms with Crippen molar-refractivity contribution in [1.82, 2.24) is 5.43 Å². The van der Waals surface area contributed by atoms with Gasteiger partial charge >= 0.3 is 11.8 Å². The van der Waals surface area contributed by atoms with Gasteiger partial charge in [0.1, 0.15) is 12.4 Å². The van der Waals surface area contributed by atoms with Crippen LogP contribution in [0.4, 0.5) is 5.69 Å². The summed E-state index contributed by atoms with van der Waals surface area (Å²) in [6.07, 6.45) is 1.44. The van der Waals surface area contributed by atoms with Crippen molar-refractivity contribution >= 4 is 35.3 Å². The topological polar surface area (TPSA) is 79.8 Å². The van der Waals surface area contributed by atoms with Crippen LogP contribution in [0.3, 0.4) is 0 Å². The Bertz CT molecular complexity index is 1130. The number of aryl methyl sites for hydroxylation is 1. The number of carbonyl (C=O) groups excluding carboxylic acids is 2. The molecule has 0 radical (unpaired) electrons. The summed E-state index contributed by atoms with van der Waals surface area (Å²) in [4.78, 5) is 24.1. The van der Waals surface area contributed by atoms with Crippen molar-refractivity contribution < 1.29 is 14.3 Å². The van der Waals surface area contributed by atoms with Gasteiger partial charge in [-0.1, -0.05) is 54.1 Å². The second-order valence-corrected chi connectivity index (χ2v) is 7.26. The minimum absolute atomic E-state index is 0.329. The molecule has 0 aliphatic rings. The van der Waals surface area contributed by atoms with Crippen molar-refractivity contribution in [3.05, 3.63) is 94.0 Å². The van der Waals surface area contributed by atoms with Crippen LogP contribution in [-0.2, 0) is 16.2 Å². The van der Waals surface area contributed by atoms with Gasteiger partial charge in [-0.05, 0) is 54.8 Å². The van der Waals surface area contributed by atoms with Gasteiger partial charge in [0.15, 0.2) is 0 Å². The Hall–Kier alpha value is -3.64. The molecule has 0 aliphatic heterocycles. The molecule has 3 aromatic carbocycles. The summed E-state index contributed by atoms with van der Waals surface area (Å²) in [6.45, 7) is 4.14. The third-order valence-electron chi connectivity index (χ3n) is 4.65. The number of hydrogen-bond acceptors (Lipinski definition) is 4. The van der Waals surface area contributed by atoms with Crippen LogP contribution in [0.2, 0.25) is 5.02 Å². The molecule has 0 saturated carbocycles. The van der Waals surface area contributed by atoms with Gasteiger partial charge in [-0.2, -0.15) is 5.10 Å². The molecule has 0 atom stereocenters. The Labute approximate surface area is 185 Å². The number of carbonyl (C=O) groups is 2. The molecule has 0 saturated heterocycles. The van der Waals surface area contributed by atoms with E-state index in [1.165, 1.54) is 6.21 Å². The molecule has 0 aromatic heterocycles. The lowest BCUT2D eigenvalue weighted by Crippen LogP contribution is -2.32. The van der Waals surface area contributed by atoms with E-state index in [1.807, 2.05) is 56.3 Å². The number of hydrogen-bond donors (Lipinski definition) is 2. The van der Waals surface area contributed by atoms with E-state index in [4.69, 9.17) is 16.3 Å². The fourth-order valence-electron chi connectivity index (χ4n) is 2.74. The lowest BCUT2D eigenvalue weighted by molar-refractivity contribution is -0.136. The normalized spacial score (nSPS) is 10.7. The van der Waals surface area contributed by atoms with Crippen LogP contribution in [0.5, 0.6) is 5.75 Å². The Morgan fingerprint density at radius 3 is 2.58 bits per heavy atom. The van der Waals surface area contributed by atoms with Crippen LogP contribution < -0.4 is 15.5 Å². The highest BCUT2D eigenvalue weighted by molar-refractivity contribution is 6.39. The quantitative estimate of drug-likeness (QED) is 0.336. The number of nitrogens with zero attached hydrogens (tertiary/aromatic N) is 1. The highest BCUT2D eigenvalue weighted by Crippen LogP contribution is 2.19. The molecule has 158 valence electrons. The van der Waals surface area contributed by atoms with E-state index in [1.54, 1.807) is 24.3 Å². The number of hydrazone groups is 1. The first-order valence-electron chi connectivity index (χ1n) is 9.61. The second kappa shape index (κ2) is 10.4. The predicted octanol–water partition coefficient (Wildman–Crippen LogP) is 4.62. The minimum Gasteiger partial charge on any atom is -0.489 e. The van der Waals surface area contributed by atoms with Crippen molar-refractivity contribution in [3.63, 3.8) is 0 Å². The minimum atomic E-state index is -0.858. The Kier molecular flexibility index (Phi) is 7.40. The number of ether oxygens (including phenoxy) is 1. The van der Waals surface area contributed by atoms with Crippen LogP contribution >= 0.6 is 11.6 Å². The van der Waals surface area contributed by atoms with Crippen LogP contribution in [-0.4, -0.2) is 18.0 Å². The predicted molar refractivity (Wildman–Crippen MR) is 123 cm³/mol. The molecule has 3 rings (SSSR count). The SMILES string of the molecule is Cc1cccc(NC(=O)C(=O)N/N=C\c2cccc(OCc3ccccc3Cl)c2)c1C. The van der Waals surface area contributed by atoms with Crippen LogP contribution in [0.15, 0.2) is 71.8 Å². The van der Waals surface area contributed by atoms with E-state index in [0.717, 1.165) is 16.7 Å². The standard InChI is InChI=1S/C24H22ClN3O3/c1-16-7-5-12-22(17(16)2)27-23(29)24(30)28-26-14-18-8-6-10-20(13-18)31-15-19-9-3-4-11-21(19)25/h3-14H,15H2,1-2H3,(H,27,29)(H,28,30)/b26-14-. The smallest absolute Gasteiger partial charge is 0.329 e. The maximum absolute atomic E-state index is 12.1. The number of rotatable bonds is 6. The van der Waals surface area contributed by atoms with Crippen molar-refractivity contribution in [2.75, 3.05) is 5.32 Å². The number of anilines is 1. The molecule has 0 unspecified atom stereocenters. The van der Waals surface area contributed by atoms with Crippen LogP contribution in [0.1, 0.15) is 22.3 Å². The molecule has 3 aromatic rings. The van der Waals surface area contributed by atoms with E-state index < -0.39 is 11.8 Å². The first kappa shape index (κ1) is 22.1. The largest absolute Gasteiger partial charge is 0.489 e. The molecule has 0 fully saturated rings. The highest BCUT2D eigenvalue weighted by atomic mass is 35.5.